The van der Waals surface area contributed by atoms with Gasteiger partial charge in [0, 0.05) is 23.6 Å². The molecule has 0 bridgehead atoms. The number of anilines is 2. The van der Waals surface area contributed by atoms with Crippen molar-refractivity contribution in [2.45, 2.75) is 26.7 Å². The number of nitrogens with one attached hydrogen (secondary N) is 1. The van der Waals surface area contributed by atoms with Crippen LogP contribution in [0, 0.1) is 0 Å². The Kier molecular flexibility index (Phi) is 6.49. The molecule has 4 rings (SSSR count). The van der Waals surface area contributed by atoms with E-state index in [-0.39, 0.29) is 12.5 Å². The Morgan fingerprint density at radius 2 is 1.91 bits per heavy atom. The molecule has 0 fully saturated rings. The highest BCUT2D eigenvalue weighted by Gasteiger charge is 2.13. The number of benzene rings is 2. The van der Waals surface area contributed by atoms with Gasteiger partial charge >= 0.3 is 0 Å². The van der Waals surface area contributed by atoms with Gasteiger partial charge in [-0.15, -0.1) is 0 Å². The molecule has 4 aromatic rings. The summed E-state index contributed by atoms with van der Waals surface area (Å²) in [5.41, 5.74) is 10.8. The molecular formula is C26H28N4O3. The zero-order chi connectivity index (χ0) is 23.4. The zero-order valence-corrected chi connectivity index (χ0v) is 19.0. The van der Waals surface area contributed by atoms with Crippen molar-refractivity contribution >= 4 is 22.9 Å². The molecule has 0 saturated carbocycles. The van der Waals surface area contributed by atoms with E-state index in [1.165, 1.54) is 0 Å². The van der Waals surface area contributed by atoms with Gasteiger partial charge in [-0.05, 0) is 54.8 Å². The van der Waals surface area contributed by atoms with Crippen LogP contribution >= 0.6 is 0 Å². The average Bonchev–Trinajstić information content (AvgIpc) is 3.24. The molecule has 2 aromatic carbocycles. The number of amides is 1. The summed E-state index contributed by atoms with van der Waals surface area (Å²) in [5.74, 6) is 1.25. The number of carbonyl (C=O) groups excluding carboxylic acids is 1. The monoisotopic (exact) mass is 444 g/mol. The minimum absolute atomic E-state index is 0.121. The largest absolute Gasteiger partial charge is 0.492 e. The number of nitrogens with two attached hydrogens (primary N) is 1. The van der Waals surface area contributed by atoms with Gasteiger partial charge < -0.3 is 24.9 Å². The molecule has 7 heteroatoms. The Labute approximate surface area is 193 Å². The van der Waals surface area contributed by atoms with Crippen LogP contribution in [0.15, 0.2) is 67.0 Å². The summed E-state index contributed by atoms with van der Waals surface area (Å²) < 4.78 is 13.2. The number of aromatic nitrogens is 2. The van der Waals surface area contributed by atoms with Gasteiger partial charge in [0.15, 0.2) is 18.0 Å². The minimum Gasteiger partial charge on any atom is -0.492 e. The van der Waals surface area contributed by atoms with Crippen LogP contribution in [0.5, 0.6) is 11.5 Å². The van der Waals surface area contributed by atoms with Crippen molar-refractivity contribution in [2.24, 2.45) is 0 Å². The maximum Gasteiger partial charge on any atom is 0.262 e. The first kappa shape index (κ1) is 22.2. The van der Waals surface area contributed by atoms with Crippen LogP contribution < -0.4 is 20.5 Å². The molecule has 0 unspecified atom stereocenters. The van der Waals surface area contributed by atoms with Crippen LogP contribution in [0.3, 0.4) is 0 Å². The Hall–Kier alpha value is -4.00. The highest BCUT2D eigenvalue weighted by atomic mass is 16.5. The van der Waals surface area contributed by atoms with Gasteiger partial charge in [0.25, 0.3) is 5.91 Å². The molecule has 1 amide bonds. The third kappa shape index (κ3) is 4.92. The second-order valence-corrected chi connectivity index (χ2v) is 7.99. The standard InChI is InChI=1S/C26H28N4O3/c1-4-32-23-12-11-18(14-20(23)27)22-15-30-13-7-10-24(26(30)29-22)33-16-25(31)28-21-9-6-5-8-19(21)17(2)3/h5-15,17H,4,16,27H2,1-3H3,(H,28,31). The van der Waals surface area contributed by atoms with Gasteiger partial charge in [0.05, 0.1) is 18.0 Å². The summed E-state index contributed by atoms with van der Waals surface area (Å²) in [4.78, 5) is 17.3. The molecule has 2 heterocycles. The molecule has 2 aromatic heterocycles. The van der Waals surface area contributed by atoms with E-state index in [0.29, 0.717) is 35.4 Å². The van der Waals surface area contributed by atoms with Gasteiger partial charge in [-0.2, -0.15) is 0 Å². The Morgan fingerprint density at radius 3 is 2.67 bits per heavy atom. The van der Waals surface area contributed by atoms with Crippen LogP contribution in [0.1, 0.15) is 32.3 Å². The lowest BCUT2D eigenvalue weighted by Crippen LogP contribution is -2.21. The second kappa shape index (κ2) is 9.65. The van der Waals surface area contributed by atoms with Crippen molar-refractivity contribution in [3.63, 3.8) is 0 Å². The van der Waals surface area contributed by atoms with E-state index in [1.54, 1.807) is 6.07 Å². The number of para-hydroxylation sites is 1. The van der Waals surface area contributed by atoms with Crippen LogP contribution in [0.4, 0.5) is 11.4 Å². The fourth-order valence-electron chi connectivity index (χ4n) is 3.68. The zero-order valence-electron chi connectivity index (χ0n) is 19.0. The summed E-state index contributed by atoms with van der Waals surface area (Å²) in [5, 5.41) is 2.95. The van der Waals surface area contributed by atoms with Gasteiger partial charge in [-0.1, -0.05) is 32.0 Å². The molecule has 170 valence electrons. The van der Waals surface area contributed by atoms with E-state index in [9.17, 15) is 4.79 Å². The number of nitrogens with zero attached hydrogens (tertiary/aromatic N) is 2. The molecule has 0 aliphatic heterocycles. The number of carbonyl (C=O) groups is 1. The molecule has 0 spiro atoms. The second-order valence-electron chi connectivity index (χ2n) is 7.99. The summed E-state index contributed by atoms with van der Waals surface area (Å²) in [7, 11) is 0. The van der Waals surface area contributed by atoms with Crippen molar-refractivity contribution < 1.29 is 14.3 Å². The lowest BCUT2D eigenvalue weighted by molar-refractivity contribution is -0.118. The van der Waals surface area contributed by atoms with Gasteiger partial charge in [0.1, 0.15) is 5.75 Å². The number of hydrogen-bond acceptors (Lipinski definition) is 5. The quantitative estimate of drug-likeness (QED) is 0.368. The van der Waals surface area contributed by atoms with Crippen molar-refractivity contribution in [1.82, 2.24) is 9.38 Å². The summed E-state index contributed by atoms with van der Waals surface area (Å²) in [6.45, 7) is 6.53. The van der Waals surface area contributed by atoms with Crippen LogP contribution in [-0.4, -0.2) is 28.5 Å². The molecule has 0 atom stereocenters. The average molecular weight is 445 g/mol. The van der Waals surface area contributed by atoms with Crippen molar-refractivity contribution in [3.05, 3.63) is 72.6 Å². The number of fused-ring (bicyclic) bond motifs is 1. The van der Waals surface area contributed by atoms with E-state index in [2.05, 4.69) is 19.2 Å². The smallest absolute Gasteiger partial charge is 0.262 e. The Bertz CT molecular complexity index is 1280. The maximum absolute atomic E-state index is 12.6. The Balaban J connectivity index is 1.51. The predicted molar refractivity (Wildman–Crippen MR) is 131 cm³/mol. The lowest BCUT2D eigenvalue weighted by Gasteiger charge is -2.14. The van der Waals surface area contributed by atoms with Gasteiger partial charge in [-0.3, -0.25) is 4.79 Å². The fraction of sp³-hybridized carbons (Fsp3) is 0.231. The van der Waals surface area contributed by atoms with Crippen molar-refractivity contribution in [2.75, 3.05) is 24.3 Å². The summed E-state index contributed by atoms with van der Waals surface area (Å²) >= 11 is 0. The van der Waals surface area contributed by atoms with Crippen molar-refractivity contribution in [1.29, 1.82) is 0 Å². The number of imidazole rings is 1. The number of pyridine rings is 1. The topological polar surface area (TPSA) is 90.9 Å². The van der Waals surface area contributed by atoms with E-state index in [4.69, 9.17) is 20.2 Å². The van der Waals surface area contributed by atoms with Crippen LogP contribution in [0.25, 0.3) is 16.9 Å². The first-order valence-corrected chi connectivity index (χ1v) is 11.0. The van der Waals surface area contributed by atoms with E-state index < -0.39 is 0 Å². The van der Waals surface area contributed by atoms with Gasteiger partial charge in [0.2, 0.25) is 0 Å². The van der Waals surface area contributed by atoms with Crippen LogP contribution in [0.2, 0.25) is 0 Å². The van der Waals surface area contributed by atoms with E-state index >= 15 is 0 Å². The number of nitrogen functional groups attached to an aromatic ring is 1. The lowest BCUT2D eigenvalue weighted by atomic mass is 10.0. The summed E-state index contributed by atoms with van der Waals surface area (Å²) in [6.07, 6.45) is 3.78. The Morgan fingerprint density at radius 1 is 1.09 bits per heavy atom. The fourth-order valence-corrected chi connectivity index (χ4v) is 3.68. The first-order valence-electron chi connectivity index (χ1n) is 11.0. The SMILES string of the molecule is CCOc1ccc(-c2cn3cccc(OCC(=O)Nc4ccccc4C(C)C)c3n2)cc1N. The molecule has 7 nitrogen and oxygen atoms in total. The molecule has 0 aliphatic rings. The van der Waals surface area contributed by atoms with E-state index in [0.717, 1.165) is 22.5 Å². The molecule has 0 saturated heterocycles. The van der Waals surface area contributed by atoms with Gasteiger partial charge in [-0.25, -0.2) is 4.98 Å². The number of hydrogen-bond donors (Lipinski definition) is 2. The molecule has 3 N–H and O–H groups in total. The normalized spacial score (nSPS) is 11.0. The molecular weight excluding hydrogens is 416 g/mol. The van der Waals surface area contributed by atoms with Crippen molar-refractivity contribution in [3.8, 4) is 22.8 Å². The number of ether oxygens (including phenoxy) is 2. The molecule has 0 aliphatic carbocycles. The van der Waals surface area contributed by atoms with Crippen LogP contribution in [-0.2, 0) is 4.79 Å². The predicted octanol–water partition coefficient (Wildman–Crippen LogP) is 5.12. The highest BCUT2D eigenvalue weighted by molar-refractivity contribution is 5.92. The first-order chi connectivity index (χ1) is 16.0. The number of rotatable bonds is 8. The molecule has 33 heavy (non-hydrogen) atoms. The van der Waals surface area contributed by atoms with E-state index in [1.807, 2.05) is 72.2 Å². The molecule has 0 radical (unpaired) electrons. The maximum atomic E-state index is 12.6. The third-order valence-corrected chi connectivity index (χ3v) is 5.27. The minimum atomic E-state index is -0.226. The highest BCUT2D eigenvalue weighted by Crippen LogP contribution is 2.30. The summed E-state index contributed by atoms with van der Waals surface area (Å²) in [6, 6.07) is 17.0. The third-order valence-electron chi connectivity index (χ3n) is 5.27.